The van der Waals surface area contributed by atoms with Crippen LogP contribution in [0.5, 0.6) is 0 Å². The van der Waals surface area contributed by atoms with E-state index in [2.05, 4.69) is 21.1 Å². The van der Waals surface area contributed by atoms with E-state index in [1.807, 2.05) is 54.6 Å². The number of hydrogen-bond acceptors (Lipinski definition) is 3. The molecule has 21 heavy (non-hydrogen) atoms. The van der Waals surface area contributed by atoms with Gasteiger partial charge >= 0.3 is 5.97 Å². The van der Waals surface area contributed by atoms with Crippen molar-refractivity contribution in [3.8, 4) is 0 Å². The second kappa shape index (κ2) is 6.22. The van der Waals surface area contributed by atoms with Gasteiger partial charge in [0.05, 0.1) is 12.1 Å². The first-order chi connectivity index (χ1) is 10.2. The van der Waals surface area contributed by atoms with E-state index in [1.165, 1.54) is 5.56 Å². The van der Waals surface area contributed by atoms with Crippen molar-refractivity contribution in [1.82, 2.24) is 0 Å². The first-order valence-electron chi connectivity index (χ1n) is 6.79. The lowest BCUT2D eigenvalue weighted by Crippen LogP contribution is -2.04. The van der Waals surface area contributed by atoms with Crippen LogP contribution in [0.15, 0.2) is 64.2 Å². The van der Waals surface area contributed by atoms with Crippen molar-refractivity contribution in [2.75, 3.05) is 0 Å². The predicted octanol–water partition coefficient (Wildman–Crippen LogP) is 4.13. The molecule has 0 radical (unpaired) electrons. The van der Waals surface area contributed by atoms with Gasteiger partial charge in [0, 0.05) is 4.47 Å². The van der Waals surface area contributed by atoms with Crippen LogP contribution in [0, 0.1) is 5.92 Å². The summed E-state index contributed by atoms with van der Waals surface area (Å²) in [4.78, 5) is 16.9. The fourth-order valence-electron chi connectivity index (χ4n) is 2.28. The summed E-state index contributed by atoms with van der Waals surface area (Å²) >= 11 is 3.36. The number of carbonyl (C=O) groups excluding carboxylic acids is 1. The van der Waals surface area contributed by atoms with Crippen LogP contribution in [0.3, 0.4) is 0 Å². The molecule has 2 atom stereocenters. The molecule has 1 saturated carbocycles. The minimum Gasteiger partial charge on any atom is -0.318 e. The minimum atomic E-state index is -0.253. The van der Waals surface area contributed by atoms with E-state index in [0.717, 1.165) is 16.5 Å². The zero-order chi connectivity index (χ0) is 14.7. The topological polar surface area (TPSA) is 38.7 Å². The minimum absolute atomic E-state index is 0.0607. The van der Waals surface area contributed by atoms with Crippen molar-refractivity contribution < 1.29 is 9.63 Å². The second-order valence-corrected chi connectivity index (χ2v) is 5.97. The van der Waals surface area contributed by atoms with E-state index in [1.54, 1.807) is 6.21 Å². The van der Waals surface area contributed by atoms with Gasteiger partial charge in [0.1, 0.15) is 0 Å². The third kappa shape index (κ3) is 3.58. The molecule has 0 aliphatic heterocycles. The lowest BCUT2D eigenvalue weighted by atomic mass is 10.1. The lowest BCUT2D eigenvalue weighted by Gasteiger charge is -1.98. The Hall–Kier alpha value is -1.94. The Morgan fingerprint density at radius 3 is 2.57 bits per heavy atom. The predicted molar refractivity (Wildman–Crippen MR) is 85.1 cm³/mol. The fourth-order valence-corrected chi connectivity index (χ4v) is 2.54. The Balaban J connectivity index is 1.53. The highest BCUT2D eigenvalue weighted by Crippen LogP contribution is 2.48. The molecule has 3 nitrogen and oxygen atoms in total. The summed E-state index contributed by atoms with van der Waals surface area (Å²) in [5.41, 5.74) is 2.08. The summed E-state index contributed by atoms with van der Waals surface area (Å²) in [5, 5.41) is 3.77. The van der Waals surface area contributed by atoms with Crippen LogP contribution in [0.2, 0.25) is 0 Å². The standard InChI is InChI=1S/C17H14BrNO2/c18-14-8-6-12(7-9-14)11-19-21-17(20)16-10-15(16)13-4-2-1-3-5-13/h1-9,11,15-16H,10H2/b19-11+/t15-,16-/m1/s1. The average molecular weight is 344 g/mol. The molecule has 0 amide bonds. The van der Waals surface area contributed by atoms with Gasteiger partial charge in [-0.15, -0.1) is 0 Å². The normalized spacial score (nSPS) is 20.4. The largest absolute Gasteiger partial charge is 0.338 e. The molecule has 1 fully saturated rings. The maximum Gasteiger partial charge on any atom is 0.338 e. The van der Waals surface area contributed by atoms with Crippen molar-refractivity contribution >= 4 is 28.1 Å². The molecule has 1 aliphatic rings. The van der Waals surface area contributed by atoms with Gasteiger partial charge in [-0.3, -0.25) is 0 Å². The van der Waals surface area contributed by atoms with Crippen LogP contribution in [-0.2, 0) is 9.63 Å². The van der Waals surface area contributed by atoms with E-state index in [9.17, 15) is 4.79 Å². The molecule has 2 aromatic carbocycles. The quantitative estimate of drug-likeness (QED) is 0.475. The van der Waals surface area contributed by atoms with Crippen molar-refractivity contribution in [2.45, 2.75) is 12.3 Å². The summed E-state index contributed by atoms with van der Waals surface area (Å²) in [5.74, 6) is -0.0340. The van der Waals surface area contributed by atoms with Gasteiger partial charge in [0.15, 0.2) is 0 Å². The molecular weight excluding hydrogens is 330 g/mol. The molecule has 106 valence electrons. The van der Waals surface area contributed by atoms with Crippen molar-refractivity contribution in [1.29, 1.82) is 0 Å². The molecule has 0 bridgehead atoms. The third-order valence-corrected chi connectivity index (χ3v) is 4.06. The molecule has 1 aliphatic carbocycles. The molecule has 3 rings (SSSR count). The second-order valence-electron chi connectivity index (χ2n) is 5.06. The highest BCUT2D eigenvalue weighted by atomic mass is 79.9. The Bertz CT molecular complexity index is 652. The summed E-state index contributed by atoms with van der Waals surface area (Å²) in [6, 6.07) is 17.7. The molecule has 0 aromatic heterocycles. The number of nitrogens with zero attached hydrogens (tertiary/aromatic N) is 1. The van der Waals surface area contributed by atoms with Gasteiger partial charge in [-0.05, 0) is 35.6 Å². The van der Waals surface area contributed by atoms with Crippen molar-refractivity contribution in [3.05, 3.63) is 70.2 Å². The Morgan fingerprint density at radius 1 is 1.14 bits per heavy atom. The van der Waals surface area contributed by atoms with Crippen LogP contribution in [0.4, 0.5) is 0 Å². The Labute approximate surface area is 131 Å². The van der Waals surface area contributed by atoms with E-state index in [0.29, 0.717) is 0 Å². The number of rotatable bonds is 4. The van der Waals surface area contributed by atoms with Gasteiger partial charge in [-0.1, -0.05) is 63.6 Å². The Kier molecular flexibility index (Phi) is 4.15. The summed E-state index contributed by atoms with van der Waals surface area (Å²) in [6.07, 6.45) is 2.39. The van der Waals surface area contributed by atoms with E-state index < -0.39 is 0 Å². The van der Waals surface area contributed by atoms with Gasteiger partial charge in [0.25, 0.3) is 0 Å². The van der Waals surface area contributed by atoms with E-state index in [4.69, 9.17) is 4.84 Å². The maximum absolute atomic E-state index is 11.9. The smallest absolute Gasteiger partial charge is 0.318 e. The van der Waals surface area contributed by atoms with Gasteiger partial charge in [-0.25, -0.2) is 4.79 Å². The first kappa shape index (κ1) is 14.0. The summed E-state index contributed by atoms with van der Waals surface area (Å²) in [6.45, 7) is 0. The van der Waals surface area contributed by atoms with Gasteiger partial charge in [-0.2, -0.15) is 0 Å². The Morgan fingerprint density at radius 2 is 1.86 bits per heavy atom. The number of hydrogen-bond donors (Lipinski definition) is 0. The van der Waals surface area contributed by atoms with E-state index >= 15 is 0 Å². The van der Waals surface area contributed by atoms with Crippen molar-refractivity contribution in [2.24, 2.45) is 11.1 Å². The summed E-state index contributed by atoms with van der Waals surface area (Å²) < 4.78 is 1.00. The third-order valence-electron chi connectivity index (χ3n) is 3.54. The highest BCUT2D eigenvalue weighted by molar-refractivity contribution is 9.10. The fraction of sp³-hybridized carbons (Fsp3) is 0.176. The molecule has 0 unspecified atom stereocenters. The molecule has 4 heteroatoms. The highest BCUT2D eigenvalue weighted by Gasteiger charge is 2.45. The number of benzene rings is 2. The zero-order valence-electron chi connectivity index (χ0n) is 11.3. The number of halogens is 1. The molecule has 0 heterocycles. The molecular formula is C17H14BrNO2. The first-order valence-corrected chi connectivity index (χ1v) is 7.58. The van der Waals surface area contributed by atoms with Crippen molar-refractivity contribution in [3.63, 3.8) is 0 Å². The number of carbonyl (C=O) groups is 1. The lowest BCUT2D eigenvalue weighted by molar-refractivity contribution is -0.145. The zero-order valence-corrected chi connectivity index (χ0v) is 12.9. The molecule has 0 N–H and O–H groups in total. The SMILES string of the molecule is O=C(O/N=C/c1ccc(Br)cc1)[C@@H]1C[C@@H]1c1ccccc1. The molecule has 0 spiro atoms. The maximum atomic E-state index is 11.9. The monoisotopic (exact) mass is 343 g/mol. The van der Waals surface area contributed by atoms with Crippen LogP contribution in [0.1, 0.15) is 23.5 Å². The summed E-state index contributed by atoms with van der Waals surface area (Å²) in [7, 11) is 0. The van der Waals surface area contributed by atoms with Gasteiger partial charge in [0.2, 0.25) is 0 Å². The molecule has 2 aromatic rings. The average Bonchev–Trinajstić information content (AvgIpc) is 3.31. The van der Waals surface area contributed by atoms with E-state index in [-0.39, 0.29) is 17.8 Å². The van der Waals surface area contributed by atoms with Gasteiger partial charge < -0.3 is 4.84 Å². The van der Waals surface area contributed by atoms with Crippen LogP contribution >= 0.6 is 15.9 Å². The van der Waals surface area contributed by atoms with Crippen LogP contribution < -0.4 is 0 Å². The van der Waals surface area contributed by atoms with Crippen LogP contribution in [0.25, 0.3) is 0 Å². The molecule has 0 saturated heterocycles. The van der Waals surface area contributed by atoms with Crippen LogP contribution in [-0.4, -0.2) is 12.2 Å². The number of oxime groups is 1.